The van der Waals surface area contributed by atoms with Crippen molar-refractivity contribution in [1.82, 2.24) is 9.80 Å². The monoisotopic (exact) mass is 212 g/mol. The van der Waals surface area contributed by atoms with Crippen molar-refractivity contribution in [2.75, 3.05) is 33.4 Å². The third-order valence-electron chi connectivity index (χ3n) is 3.42. The molecule has 2 fully saturated rings. The fraction of sp³-hybridized carbons (Fsp3) is 0.909. The molecule has 2 aliphatic rings. The Balaban J connectivity index is 1.87. The number of ether oxygens (including phenoxy) is 1. The highest BCUT2D eigenvalue weighted by molar-refractivity contribution is 5.74. The first-order valence-electron chi connectivity index (χ1n) is 5.88. The maximum absolute atomic E-state index is 12.1. The zero-order valence-electron chi connectivity index (χ0n) is 9.45. The van der Waals surface area contributed by atoms with Crippen molar-refractivity contribution in [2.45, 2.75) is 31.7 Å². The first-order valence-corrected chi connectivity index (χ1v) is 5.88. The summed E-state index contributed by atoms with van der Waals surface area (Å²) >= 11 is 0. The first kappa shape index (κ1) is 10.7. The van der Waals surface area contributed by atoms with E-state index in [-0.39, 0.29) is 6.03 Å². The summed E-state index contributed by atoms with van der Waals surface area (Å²) in [5.41, 5.74) is 0. The molecule has 0 aliphatic carbocycles. The number of hydrogen-bond donors (Lipinski definition) is 0. The van der Waals surface area contributed by atoms with Crippen LogP contribution in [0, 0.1) is 0 Å². The van der Waals surface area contributed by atoms with Crippen molar-refractivity contribution in [3.8, 4) is 0 Å². The number of likely N-dealkylation sites (tertiary alicyclic amines) is 1. The molecular weight excluding hydrogens is 192 g/mol. The van der Waals surface area contributed by atoms with E-state index >= 15 is 0 Å². The standard InChI is InChI=1S/C11H20N2O2/c1-12(10-4-8-15-9-5-10)11(14)13-6-2-3-7-13/h10H,2-9H2,1H3. The lowest BCUT2D eigenvalue weighted by Crippen LogP contribution is -2.46. The zero-order chi connectivity index (χ0) is 10.7. The predicted molar refractivity (Wildman–Crippen MR) is 57.8 cm³/mol. The Kier molecular flexibility index (Phi) is 3.46. The molecule has 2 heterocycles. The van der Waals surface area contributed by atoms with Gasteiger partial charge < -0.3 is 14.5 Å². The number of carbonyl (C=O) groups is 1. The molecule has 2 saturated heterocycles. The molecule has 15 heavy (non-hydrogen) atoms. The molecule has 0 unspecified atom stereocenters. The summed E-state index contributed by atoms with van der Waals surface area (Å²) in [7, 11) is 1.93. The Morgan fingerprint density at radius 3 is 2.47 bits per heavy atom. The van der Waals surface area contributed by atoms with Crippen LogP contribution in [0.15, 0.2) is 0 Å². The molecule has 2 aliphatic heterocycles. The topological polar surface area (TPSA) is 32.8 Å². The number of amides is 2. The van der Waals surface area contributed by atoms with Crippen LogP contribution in [0.25, 0.3) is 0 Å². The molecule has 0 saturated carbocycles. The van der Waals surface area contributed by atoms with Crippen molar-refractivity contribution in [3.63, 3.8) is 0 Å². The van der Waals surface area contributed by atoms with Gasteiger partial charge in [0.2, 0.25) is 0 Å². The van der Waals surface area contributed by atoms with E-state index < -0.39 is 0 Å². The van der Waals surface area contributed by atoms with E-state index in [4.69, 9.17) is 4.74 Å². The quantitative estimate of drug-likeness (QED) is 0.656. The van der Waals surface area contributed by atoms with Gasteiger partial charge in [0.05, 0.1) is 0 Å². The summed E-state index contributed by atoms with van der Waals surface area (Å²) in [6.07, 6.45) is 4.28. The van der Waals surface area contributed by atoms with Gasteiger partial charge in [0.15, 0.2) is 0 Å². The summed E-state index contributed by atoms with van der Waals surface area (Å²) in [5.74, 6) is 0. The lowest BCUT2D eigenvalue weighted by Gasteiger charge is -2.33. The normalized spacial score (nSPS) is 23.1. The minimum absolute atomic E-state index is 0.208. The summed E-state index contributed by atoms with van der Waals surface area (Å²) in [6, 6.07) is 0.589. The summed E-state index contributed by atoms with van der Waals surface area (Å²) < 4.78 is 5.30. The van der Waals surface area contributed by atoms with Crippen LogP contribution in [0.5, 0.6) is 0 Å². The van der Waals surface area contributed by atoms with Gasteiger partial charge in [0.25, 0.3) is 0 Å². The van der Waals surface area contributed by atoms with Crippen molar-refractivity contribution < 1.29 is 9.53 Å². The van der Waals surface area contributed by atoms with Crippen LogP contribution in [0.1, 0.15) is 25.7 Å². The Labute approximate surface area is 91.2 Å². The molecule has 0 radical (unpaired) electrons. The molecule has 0 aromatic carbocycles. The lowest BCUT2D eigenvalue weighted by atomic mass is 10.1. The SMILES string of the molecule is CN(C(=O)N1CCCC1)C1CCOCC1. The fourth-order valence-corrected chi connectivity index (χ4v) is 2.36. The minimum atomic E-state index is 0.208. The van der Waals surface area contributed by atoms with Gasteiger partial charge in [-0.2, -0.15) is 0 Å². The Bertz CT molecular complexity index is 221. The molecule has 0 bridgehead atoms. The van der Waals surface area contributed by atoms with E-state index in [2.05, 4.69) is 0 Å². The largest absolute Gasteiger partial charge is 0.381 e. The number of carbonyl (C=O) groups excluding carboxylic acids is 1. The average Bonchev–Trinajstić information content (AvgIpc) is 2.82. The second kappa shape index (κ2) is 4.84. The maximum atomic E-state index is 12.1. The van der Waals surface area contributed by atoms with Crippen LogP contribution in [0.2, 0.25) is 0 Å². The minimum Gasteiger partial charge on any atom is -0.381 e. The van der Waals surface area contributed by atoms with E-state index in [1.807, 2.05) is 16.8 Å². The van der Waals surface area contributed by atoms with Gasteiger partial charge in [-0.25, -0.2) is 4.79 Å². The van der Waals surface area contributed by atoms with Gasteiger partial charge in [-0.15, -0.1) is 0 Å². The molecule has 0 aromatic rings. The Morgan fingerprint density at radius 2 is 1.87 bits per heavy atom. The van der Waals surface area contributed by atoms with Crippen LogP contribution in [-0.4, -0.2) is 55.2 Å². The maximum Gasteiger partial charge on any atom is 0.319 e. The molecule has 4 heteroatoms. The van der Waals surface area contributed by atoms with Crippen LogP contribution in [0.3, 0.4) is 0 Å². The molecule has 2 amide bonds. The number of nitrogens with zero attached hydrogens (tertiary/aromatic N) is 2. The summed E-state index contributed by atoms with van der Waals surface area (Å²) in [6.45, 7) is 3.46. The molecule has 86 valence electrons. The molecule has 4 nitrogen and oxygen atoms in total. The third kappa shape index (κ3) is 2.43. The highest BCUT2D eigenvalue weighted by atomic mass is 16.5. The van der Waals surface area contributed by atoms with Crippen LogP contribution in [-0.2, 0) is 4.74 Å². The molecule has 0 aromatic heterocycles. The smallest absolute Gasteiger partial charge is 0.319 e. The third-order valence-corrected chi connectivity index (χ3v) is 3.42. The van der Waals surface area contributed by atoms with Crippen molar-refractivity contribution in [3.05, 3.63) is 0 Å². The highest BCUT2D eigenvalue weighted by Gasteiger charge is 2.27. The second-order valence-electron chi connectivity index (χ2n) is 4.43. The van der Waals surface area contributed by atoms with Crippen molar-refractivity contribution in [1.29, 1.82) is 0 Å². The number of hydrogen-bond acceptors (Lipinski definition) is 2. The van der Waals surface area contributed by atoms with Gasteiger partial charge >= 0.3 is 6.03 Å². The lowest BCUT2D eigenvalue weighted by molar-refractivity contribution is 0.0476. The van der Waals surface area contributed by atoms with Crippen molar-refractivity contribution >= 4 is 6.03 Å². The Morgan fingerprint density at radius 1 is 1.27 bits per heavy atom. The number of urea groups is 1. The van der Waals surface area contributed by atoms with E-state index in [0.29, 0.717) is 6.04 Å². The number of rotatable bonds is 1. The van der Waals surface area contributed by atoms with Gasteiger partial charge in [0, 0.05) is 39.4 Å². The van der Waals surface area contributed by atoms with Gasteiger partial charge in [-0.3, -0.25) is 0 Å². The van der Waals surface area contributed by atoms with E-state index in [0.717, 1.165) is 52.0 Å². The van der Waals surface area contributed by atoms with Gasteiger partial charge in [-0.1, -0.05) is 0 Å². The van der Waals surface area contributed by atoms with E-state index in [1.165, 1.54) is 0 Å². The van der Waals surface area contributed by atoms with E-state index in [1.54, 1.807) is 0 Å². The molecule has 0 spiro atoms. The summed E-state index contributed by atoms with van der Waals surface area (Å²) in [4.78, 5) is 15.9. The first-order chi connectivity index (χ1) is 7.29. The zero-order valence-corrected chi connectivity index (χ0v) is 9.45. The molecule has 2 rings (SSSR count). The van der Waals surface area contributed by atoms with Crippen molar-refractivity contribution in [2.24, 2.45) is 0 Å². The highest BCUT2D eigenvalue weighted by Crippen LogP contribution is 2.17. The average molecular weight is 212 g/mol. The van der Waals surface area contributed by atoms with Gasteiger partial charge in [-0.05, 0) is 25.7 Å². The van der Waals surface area contributed by atoms with Crippen LogP contribution >= 0.6 is 0 Å². The fourth-order valence-electron chi connectivity index (χ4n) is 2.36. The van der Waals surface area contributed by atoms with E-state index in [9.17, 15) is 4.79 Å². The van der Waals surface area contributed by atoms with Crippen LogP contribution < -0.4 is 0 Å². The summed E-state index contributed by atoms with van der Waals surface area (Å²) in [5, 5.41) is 0. The molecule has 0 N–H and O–H groups in total. The Hall–Kier alpha value is -0.770. The second-order valence-corrected chi connectivity index (χ2v) is 4.43. The predicted octanol–water partition coefficient (Wildman–Crippen LogP) is 1.31. The van der Waals surface area contributed by atoms with Crippen LogP contribution in [0.4, 0.5) is 4.79 Å². The molecular formula is C11H20N2O2. The van der Waals surface area contributed by atoms with Gasteiger partial charge in [0.1, 0.15) is 0 Å². The molecule has 0 atom stereocenters.